The molecule has 2 aromatic heterocycles. The molecule has 2 heterocycles. The molecule has 0 fully saturated rings. The Morgan fingerprint density at radius 3 is 2.81 bits per heavy atom. The van der Waals surface area contributed by atoms with Gasteiger partial charge in [-0.25, -0.2) is 9.37 Å². The number of carbonyl (C=O) groups is 1. The van der Waals surface area contributed by atoms with E-state index < -0.39 is 16.6 Å². The van der Waals surface area contributed by atoms with Crippen molar-refractivity contribution in [2.75, 3.05) is 0 Å². The predicted octanol–water partition coefficient (Wildman–Crippen LogP) is 1.89. The maximum absolute atomic E-state index is 14.4. The van der Waals surface area contributed by atoms with Gasteiger partial charge in [-0.2, -0.15) is 5.10 Å². The Labute approximate surface area is 147 Å². The summed E-state index contributed by atoms with van der Waals surface area (Å²) >= 11 is 0. The van der Waals surface area contributed by atoms with Gasteiger partial charge in [-0.1, -0.05) is 6.07 Å². The molecule has 26 heavy (non-hydrogen) atoms. The number of aryl methyl sites for hydroxylation is 2. The summed E-state index contributed by atoms with van der Waals surface area (Å²) in [6, 6.07) is 4.54. The van der Waals surface area contributed by atoms with Gasteiger partial charge >= 0.3 is 5.69 Å². The largest absolute Gasteiger partial charge is 0.346 e. The SMILES string of the molecule is Cc1nccn1-c1ccc(CNC(=O)c2c([N+](=O)[O-])cnn2C)cc1F. The highest BCUT2D eigenvalue weighted by atomic mass is 19.1. The molecule has 1 amide bonds. The Balaban J connectivity index is 1.76. The van der Waals surface area contributed by atoms with E-state index in [2.05, 4.69) is 15.4 Å². The smallest absolute Gasteiger partial charge is 0.320 e. The number of imidazole rings is 1. The minimum absolute atomic E-state index is 0.0152. The number of hydrogen-bond acceptors (Lipinski definition) is 5. The van der Waals surface area contributed by atoms with Crippen LogP contribution in [-0.2, 0) is 13.6 Å². The molecule has 0 aliphatic rings. The first kappa shape index (κ1) is 17.3. The first-order chi connectivity index (χ1) is 12.4. The number of aromatic nitrogens is 4. The van der Waals surface area contributed by atoms with Gasteiger partial charge in [0.05, 0.1) is 10.6 Å². The first-order valence-electron chi connectivity index (χ1n) is 7.62. The Kier molecular flexibility index (Phi) is 4.48. The number of benzene rings is 1. The van der Waals surface area contributed by atoms with E-state index in [4.69, 9.17) is 0 Å². The van der Waals surface area contributed by atoms with Crippen LogP contribution in [0.4, 0.5) is 10.1 Å². The molecule has 0 saturated carbocycles. The van der Waals surface area contributed by atoms with Crippen molar-refractivity contribution in [3.63, 3.8) is 0 Å². The molecule has 0 radical (unpaired) electrons. The number of amides is 1. The summed E-state index contributed by atoms with van der Waals surface area (Å²) in [6.07, 6.45) is 4.23. The van der Waals surface area contributed by atoms with Crippen molar-refractivity contribution in [1.29, 1.82) is 0 Å². The third-order valence-corrected chi connectivity index (χ3v) is 3.88. The van der Waals surface area contributed by atoms with Crippen LogP contribution in [0.15, 0.2) is 36.8 Å². The van der Waals surface area contributed by atoms with Crippen LogP contribution in [0.2, 0.25) is 0 Å². The van der Waals surface area contributed by atoms with E-state index in [-0.39, 0.29) is 17.9 Å². The number of nitrogens with zero attached hydrogens (tertiary/aromatic N) is 5. The van der Waals surface area contributed by atoms with Gasteiger partial charge in [-0.3, -0.25) is 19.6 Å². The molecule has 10 heteroatoms. The van der Waals surface area contributed by atoms with Gasteiger partial charge in [0, 0.05) is 26.0 Å². The number of nitrogens with one attached hydrogen (secondary N) is 1. The average Bonchev–Trinajstić information content (AvgIpc) is 3.18. The zero-order chi connectivity index (χ0) is 18.8. The van der Waals surface area contributed by atoms with Crippen molar-refractivity contribution >= 4 is 11.6 Å². The van der Waals surface area contributed by atoms with Crippen LogP contribution >= 0.6 is 0 Å². The molecular formula is C16H15FN6O3. The monoisotopic (exact) mass is 358 g/mol. The molecule has 9 nitrogen and oxygen atoms in total. The highest BCUT2D eigenvalue weighted by Gasteiger charge is 2.25. The zero-order valence-electron chi connectivity index (χ0n) is 14.0. The van der Waals surface area contributed by atoms with E-state index in [9.17, 15) is 19.3 Å². The second-order valence-electron chi connectivity index (χ2n) is 5.57. The molecular weight excluding hydrogens is 343 g/mol. The van der Waals surface area contributed by atoms with Crippen LogP contribution in [0.5, 0.6) is 0 Å². The molecule has 134 valence electrons. The van der Waals surface area contributed by atoms with Crippen LogP contribution < -0.4 is 5.32 Å². The van der Waals surface area contributed by atoms with Crippen molar-refractivity contribution in [3.05, 3.63) is 69.8 Å². The topological polar surface area (TPSA) is 108 Å². The van der Waals surface area contributed by atoms with Crippen LogP contribution in [0.3, 0.4) is 0 Å². The molecule has 3 aromatic rings. The summed E-state index contributed by atoms with van der Waals surface area (Å²) in [7, 11) is 1.43. The van der Waals surface area contributed by atoms with Crippen molar-refractivity contribution in [1.82, 2.24) is 24.6 Å². The molecule has 0 unspecified atom stereocenters. The van der Waals surface area contributed by atoms with E-state index in [1.54, 1.807) is 36.0 Å². The highest BCUT2D eigenvalue weighted by Crippen LogP contribution is 2.18. The van der Waals surface area contributed by atoms with E-state index in [1.807, 2.05) is 0 Å². The fourth-order valence-electron chi connectivity index (χ4n) is 2.58. The lowest BCUT2D eigenvalue weighted by atomic mass is 10.2. The maximum atomic E-state index is 14.4. The zero-order valence-corrected chi connectivity index (χ0v) is 14.0. The highest BCUT2D eigenvalue weighted by molar-refractivity contribution is 5.96. The molecule has 0 saturated heterocycles. The normalized spacial score (nSPS) is 10.7. The summed E-state index contributed by atoms with van der Waals surface area (Å²) in [6.45, 7) is 1.77. The lowest BCUT2D eigenvalue weighted by Crippen LogP contribution is -2.26. The van der Waals surface area contributed by atoms with Gasteiger partial charge in [0.2, 0.25) is 5.69 Å². The quantitative estimate of drug-likeness (QED) is 0.553. The third kappa shape index (κ3) is 3.16. The predicted molar refractivity (Wildman–Crippen MR) is 89.3 cm³/mol. The van der Waals surface area contributed by atoms with Crippen LogP contribution in [0.1, 0.15) is 21.9 Å². The number of carbonyl (C=O) groups excluding carboxylic acids is 1. The Morgan fingerprint density at radius 1 is 1.42 bits per heavy atom. The van der Waals surface area contributed by atoms with E-state index in [0.717, 1.165) is 10.9 Å². The van der Waals surface area contributed by atoms with E-state index in [1.165, 1.54) is 13.1 Å². The fraction of sp³-hybridized carbons (Fsp3) is 0.188. The molecule has 0 aliphatic heterocycles. The Bertz CT molecular complexity index is 994. The number of hydrogen-bond donors (Lipinski definition) is 1. The van der Waals surface area contributed by atoms with Crippen LogP contribution in [-0.4, -0.2) is 30.2 Å². The summed E-state index contributed by atoms with van der Waals surface area (Å²) < 4.78 is 17.1. The molecule has 0 bridgehead atoms. The molecule has 3 rings (SSSR count). The van der Waals surface area contributed by atoms with Gasteiger partial charge in [-0.05, 0) is 24.6 Å². The van der Waals surface area contributed by atoms with Gasteiger partial charge in [0.1, 0.15) is 17.8 Å². The summed E-state index contributed by atoms with van der Waals surface area (Å²) in [5.74, 6) is -0.482. The summed E-state index contributed by atoms with van der Waals surface area (Å²) in [5.41, 5.74) is 0.308. The number of halogens is 1. The standard InChI is InChI=1S/C16H15FN6O3/c1-10-18-5-6-22(10)13-4-3-11(7-12(13)17)8-19-16(24)15-14(23(25)26)9-20-21(15)2/h3-7,9H,8H2,1-2H3,(H,19,24). The third-order valence-electron chi connectivity index (χ3n) is 3.88. The average molecular weight is 358 g/mol. The second-order valence-corrected chi connectivity index (χ2v) is 5.57. The molecule has 1 aromatic carbocycles. The van der Waals surface area contributed by atoms with Crippen molar-refractivity contribution < 1.29 is 14.1 Å². The van der Waals surface area contributed by atoms with Gasteiger partial charge in [0.15, 0.2) is 0 Å². The fourth-order valence-corrected chi connectivity index (χ4v) is 2.58. The Hall–Kier alpha value is -3.56. The minimum Gasteiger partial charge on any atom is -0.346 e. The molecule has 0 aliphatic carbocycles. The van der Waals surface area contributed by atoms with Gasteiger partial charge in [0.25, 0.3) is 5.91 Å². The summed E-state index contributed by atoms with van der Waals surface area (Å²) in [5, 5.41) is 17.2. The summed E-state index contributed by atoms with van der Waals surface area (Å²) in [4.78, 5) is 26.6. The number of nitro groups is 1. The van der Waals surface area contributed by atoms with E-state index in [0.29, 0.717) is 17.1 Å². The van der Waals surface area contributed by atoms with Crippen LogP contribution in [0.25, 0.3) is 5.69 Å². The van der Waals surface area contributed by atoms with Crippen LogP contribution in [0, 0.1) is 22.9 Å². The van der Waals surface area contributed by atoms with E-state index >= 15 is 0 Å². The Morgan fingerprint density at radius 2 is 2.19 bits per heavy atom. The minimum atomic E-state index is -0.677. The molecule has 0 spiro atoms. The lowest BCUT2D eigenvalue weighted by Gasteiger charge is -2.09. The first-order valence-corrected chi connectivity index (χ1v) is 7.62. The maximum Gasteiger partial charge on any atom is 0.320 e. The van der Waals surface area contributed by atoms with Crippen molar-refractivity contribution in [2.45, 2.75) is 13.5 Å². The van der Waals surface area contributed by atoms with Crippen molar-refractivity contribution in [2.24, 2.45) is 7.05 Å². The van der Waals surface area contributed by atoms with Crippen molar-refractivity contribution in [3.8, 4) is 5.69 Å². The molecule has 0 atom stereocenters. The van der Waals surface area contributed by atoms with Gasteiger partial charge < -0.3 is 9.88 Å². The van der Waals surface area contributed by atoms with Gasteiger partial charge in [-0.15, -0.1) is 0 Å². The molecule has 1 N–H and O–H groups in total. The number of rotatable bonds is 5. The lowest BCUT2D eigenvalue weighted by molar-refractivity contribution is -0.385. The second kappa shape index (κ2) is 6.75.